The first-order valence-corrected chi connectivity index (χ1v) is 15.0. The second-order valence-electron chi connectivity index (χ2n) is 13.0. The standard InChI is InChI=1S/C31H37Cl2F2N3O3/c1-30(2,3)15-25-31(19-13-23(35)21(33)14-24(19)37-29(31)41)26(17-7-9-22(34)20(32)12-17)27(38-25)28(40)36-10-4-5-16-6-8-18(39)11-16/h7,9,12-14,16,18,25-27,38-39H,4-6,8,10-11,15H2,1-3H3,(H,36,40)(H,37,41)/t16-,18+,25-,26+,27-,31+/m1/s1. The number of rotatable bonds is 7. The molecule has 2 fully saturated rings. The third-order valence-electron chi connectivity index (χ3n) is 8.89. The number of aliphatic hydroxyl groups excluding tert-OH is 1. The Labute approximate surface area is 249 Å². The Morgan fingerprint density at radius 2 is 1.85 bits per heavy atom. The number of aliphatic hydroxyl groups is 1. The van der Waals surface area contributed by atoms with Crippen LogP contribution in [0, 0.1) is 23.0 Å². The molecule has 0 bridgehead atoms. The summed E-state index contributed by atoms with van der Waals surface area (Å²) >= 11 is 12.3. The van der Waals surface area contributed by atoms with E-state index in [9.17, 15) is 19.1 Å². The molecular formula is C31H37Cl2F2N3O3. The first-order valence-electron chi connectivity index (χ1n) is 14.3. The molecule has 0 aromatic heterocycles. The molecule has 1 saturated heterocycles. The number of carbonyl (C=O) groups excluding carboxylic acids is 2. The van der Waals surface area contributed by atoms with Crippen LogP contribution in [0.3, 0.4) is 0 Å². The van der Waals surface area contributed by atoms with Crippen molar-refractivity contribution in [1.29, 1.82) is 0 Å². The van der Waals surface area contributed by atoms with Crippen molar-refractivity contribution in [2.45, 2.75) is 88.8 Å². The van der Waals surface area contributed by atoms with Crippen LogP contribution in [0.4, 0.5) is 14.5 Å². The number of halogens is 4. The molecule has 0 unspecified atom stereocenters. The van der Waals surface area contributed by atoms with E-state index < -0.39 is 35.1 Å². The van der Waals surface area contributed by atoms with E-state index in [1.807, 2.05) is 20.8 Å². The van der Waals surface area contributed by atoms with Crippen molar-refractivity contribution in [3.8, 4) is 0 Å². The first kappa shape index (κ1) is 30.2. The zero-order valence-corrected chi connectivity index (χ0v) is 25.0. The van der Waals surface area contributed by atoms with Crippen molar-refractivity contribution in [2.24, 2.45) is 11.3 Å². The molecule has 6 atom stereocenters. The highest BCUT2D eigenvalue weighted by Gasteiger charge is 2.66. The van der Waals surface area contributed by atoms with Gasteiger partial charge in [0.15, 0.2) is 0 Å². The van der Waals surface area contributed by atoms with Crippen LogP contribution in [0.15, 0.2) is 30.3 Å². The Morgan fingerprint density at radius 3 is 2.51 bits per heavy atom. The van der Waals surface area contributed by atoms with E-state index in [-0.39, 0.29) is 33.4 Å². The van der Waals surface area contributed by atoms with Crippen molar-refractivity contribution in [2.75, 3.05) is 11.9 Å². The second kappa shape index (κ2) is 11.4. The minimum absolute atomic E-state index is 0.120. The van der Waals surface area contributed by atoms with Crippen LogP contribution in [0.25, 0.3) is 0 Å². The van der Waals surface area contributed by atoms with Crippen LogP contribution in [0.1, 0.15) is 76.3 Å². The lowest BCUT2D eigenvalue weighted by Crippen LogP contribution is -2.49. The summed E-state index contributed by atoms with van der Waals surface area (Å²) in [5.74, 6) is -2.34. The molecule has 4 N–H and O–H groups in total. The van der Waals surface area contributed by atoms with Gasteiger partial charge in [0.2, 0.25) is 11.8 Å². The Kier molecular flexibility index (Phi) is 8.43. The average Bonchev–Trinajstić information content (AvgIpc) is 3.53. The quantitative estimate of drug-likeness (QED) is 0.287. The fourth-order valence-corrected chi connectivity index (χ4v) is 7.52. The molecule has 41 heavy (non-hydrogen) atoms. The zero-order chi connectivity index (χ0) is 29.7. The predicted molar refractivity (Wildman–Crippen MR) is 156 cm³/mol. The number of fused-ring (bicyclic) bond motifs is 2. The fourth-order valence-electron chi connectivity index (χ4n) is 7.16. The molecule has 3 aliphatic rings. The van der Waals surface area contributed by atoms with E-state index in [0.29, 0.717) is 35.7 Å². The highest BCUT2D eigenvalue weighted by Crippen LogP contribution is 2.57. The smallest absolute Gasteiger partial charge is 0.237 e. The van der Waals surface area contributed by atoms with Gasteiger partial charge in [-0.25, -0.2) is 8.78 Å². The van der Waals surface area contributed by atoms with Crippen molar-refractivity contribution >= 4 is 40.7 Å². The molecule has 2 aromatic rings. The summed E-state index contributed by atoms with van der Waals surface area (Å²) in [6.07, 6.45) is 4.50. The van der Waals surface area contributed by atoms with E-state index in [4.69, 9.17) is 23.2 Å². The minimum atomic E-state index is -1.39. The SMILES string of the molecule is CC(C)(C)C[C@H]1N[C@@H](C(=O)NCCC[C@@H]2CC[C@H](O)C2)[C@H](c2ccc(F)c(Cl)c2)[C@@]12C(=O)Nc1cc(Cl)c(F)cc12. The van der Waals surface area contributed by atoms with Gasteiger partial charge < -0.3 is 21.1 Å². The van der Waals surface area contributed by atoms with Gasteiger partial charge in [0, 0.05) is 24.2 Å². The van der Waals surface area contributed by atoms with Crippen LogP contribution in [0.5, 0.6) is 0 Å². The molecular weight excluding hydrogens is 571 g/mol. The van der Waals surface area contributed by atoms with Crippen LogP contribution in [0.2, 0.25) is 10.0 Å². The van der Waals surface area contributed by atoms with E-state index in [2.05, 4.69) is 16.0 Å². The molecule has 6 nitrogen and oxygen atoms in total. The normalized spacial score (nSPS) is 29.2. The molecule has 10 heteroatoms. The maximum absolute atomic E-state index is 15.0. The van der Waals surface area contributed by atoms with Gasteiger partial charge in [-0.15, -0.1) is 0 Å². The summed E-state index contributed by atoms with van der Waals surface area (Å²) in [5, 5.41) is 19.0. The number of benzene rings is 2. The lowest BCUT2D eigenvalue weighted by atomic mass is 9.62. The van der Waals surface area contributed by atoms with Gasteiger partial charge >= 0.3 is 0 Å². The monoisotopic (exact) mass is 607 g/mol. The largest absolute Gasteiger partial charge is 0.393 e. The number of carbonyl (C=O) groups is 2. The summed E-state index contributed by atoms with van der Waals surface area (Å²) in [4.78, 5) is 28.0. The van der Waals surface area contributed by atoms with E-state index in [1.165, 1.54) is 30.3 Å². The molecule has 0 radical (unpaired) electrons. The van der Waals surface area contributed by atoms with Crippen LogP contribution < -0.4 is 16.0 Å². The molecule has 2 aromatic carbocycles. The summed E-state index contributed by atoms with van der Waals surface area (Å²) in [6.45, 7) is 6.55. The van der Waals surface area contributed by atoms with Gasteiger partial charge in [-0.1, -0.05) is 50.0 Å². The Morgan fingerprint density at radius 1 is 1.12 bits per heavy atom. The Bertz CT molecular complexity index is 1350. The third-order valence-corrected chi connectivity index (χ3v) is 9.47. The Hall–Kier alpha value is -2.26. The summed E-state index contributed by atoms with van der Waals surface area (Å²) in [7, 11) is 0. The second-order valence-corrected chi connectivity index (χ2v) is 13.8. The molecule has 5 rings (SSSR count). The molecule has 1 aliphatic carbocycles. The van der Waals surface area contributed by atoms with E-state index in [1.54, 1.807) is 0 Å². The number of hydrogen-bond donors (Lipinski definition) is 4. The summed E-state index contributed by atoms with van der Waals surface area (Å²) in [6, 6.07) is 5.45. The van der Waals surface area contributed by atoms with Gasteiger partial charge in [-0.05, 0) is 85.3 Å². The highest BCUT2D eigenvalue weighted by atomic mass is 35.5. The molecule has 1 saturated carbocycles. The van der Waals surface area contributed by atoms with Crippen LogP contribution in [-0.2, 0) is 15.0 Å². The number of amides is 2. The van der Waals surface area contributed by atoms with Gasteiger partial charge in [0.05, 0.1) is 22.2 Å². The lowest BCUT2D eigenvalue weighted by molar-refractivity contribution is -0.123. The number of hydrogen-bond acceptors (Lipinski definition) is 4. The minimum Gasteiger partial charge on any atom is -0.393 e. The fraction of sp³-hybridized carbons (Fsp3) is 0.548. The van der Waals surface area contributed by atoms with E-state index >= 15 is 4.39 Å². The van der Waals surface area contributed by atoms with Gasteiger partial charge in [-0.2, -0.15) is 0 Å². The molecule has 1 spiro atoms. The van der Waals surface area contributed by atoms with Crippen LogP contribution in [-0.4, -0.2) is 41.7 Å². The van der Waals surface area contributed by atoms with Crippen molar-refractivity contribution in [1.82, 2.24) is 10.6 Å². The molecule has 2 aliphatic heterocycles. The highest BCUT2D eigenvalue weighted by molar-refractivity contribution is 6.31. The molecule has 222 valence electrons. The van der Waals surface area contributed by atoms with Crippen molar-refractivity contribution in [3.05, 3.63) is 63.1 Å². The summed E-state index contributed by atoms with van der Waals surface area (Å²) in [5.41, 5.74) is -0.358. The topological polar surface area (TPSA) is 90.5 Å². The number of nitrogens with one attached hydrogen (secondary N) is 3. The van der Waals surface area contributed by atoms with Crippen LogP contribution >= 0.6 is 23.2 Å². The number of anilines is 1. The van der Waals surface area contributed by atoms with Crippen molar-refractivity contribution < 1.29 is 23.5 Å². The molecule has 2 amide bonds. The maximum Gasteiger partial charge on any atom is 0.237 e. The van der Waals surface area contributed by atoms with E-state index in [0.717, 1.165) is 32.1 Å². The average molecular weight is 609 g/mol. The van der Waals surface area contributed by atoms with Gasteiger partial charge in [0.1, 0.15) is 17.0 Å². The van der Waals surface area contributed by atoms with Crippen molar-refractivity contribution in [3.63, 3.8) is 0 Å². The summed E-state index contributed by atoms with van der Waals surface area (Å²) < 4.78 is 29.3. The zero-order valence-electron chi connectivity index (χ0n) is 23.5. The predicted octanol–water partition coefficient (Wildman–Crippen LogP) is 6.08. The van der Waals surface area contributed by atoms with Gasteiger partial charge in [0.25, 0.3) is 0 Å². The third kappa shape index (κ3) is 5.73. The lowest BCUT2D eigenvalue weighted by Gasteiger charge is -2.37. The first-order chi connectivity index (χ1) is 19.3. The Balaban J connectivity index is 1.55. The maximum atomic E-state index is 15.0. The van der Waals surface area contributed by atoms with Gasteiger partial charge in [-0.3, -0.25) is 9.59 Å². The molecule has 2 heterocycles.